The van der Waals surface area contributed by atoms with Gasteiger partial charge in [0.1, 0.15) is 23.7 Å². The van der Waals surface area contributed by atoms with Gasteiger partial charge in [0.15, 0.2) is 15.6 Å². The molecule has 0 aliphatic carbocycles. The van der Waals surface area contributed by atoms with E-state index in [1.54, 1.807) is 18.2 Å². The number of amides is 1. The van der Waals surface area contributed by atoms with Gasteiger partial charge in [-0.3, -0.25) is 4.79 Å². The summed E-state index contributed by atoms with van der Waals surface area (Å²) >= 11 is 0. The van der Waals surface area contributed by atoms with Crippen LogP contribution in [0.15, 0.2) is 76.3 Å². The van der Waals surface area contributed by atoms with E-state index in [9.17, 15) is 17.6 Å². The number of halogens is 1. The van der Waals surface area contributed by atoms with Crippen LogP contribution in [0.2, 0.25) is 0 Å². The summed E-state index contributed by atoms with van der Waals surface area (Å²) < 4.78 is 45.7. The molecule has 4 aromatic rings. The Balaban J connectivity index is 1.51. The molecule has 0 aliphatic rings. The lowest BCUT2D eigenvalue weighted by molar-refractivity contribution is 0.0994. The summed E-state index contributed by atoms with van der Waals surface area (Å²) in [6, 6.07) is 14.6. The molecule has 0 bridgehead atoms. The molecule has 0 saturated carbocycles. The molecule has 152 valence electrons. The van der Waals surface area contributed by atoms with Crippen LogP contribution in [0.3, 0.4) is 0 Å². The Morgan fingerprint density at radius 1 is 1.10 bits per heavy atom. The van der Waals surface area contributed by atoms with Crippen LogP contribution in [-0.2, 0) is 15.6 Å². The number of hydrogen-bond acceptors (Lipinski definition) is 7. The van der Waals surface area contributed by atoms with Crippen molar-refractivity contribution < 1.29 is 22.0 Å². The number of carbonyl (C=O) groups is 1. The zero-order valence-corrected chi connectivity index (χ0v) is 16.1. The third-order valence-electron chi connectivity index (χ3n) is 4.13. The Morgan fingerprint density at radius 3 is 2.63 bits per heavy atom. The van der Waals surface area contributed by atoms with E-state index in [0.717, 1.165) is 6.07 Å². The van der Waals surface area contributed by atoms with Crippen molar-refractivity contribution in [3.63, 3.8) is 0 Å². The second kappa shape index (κ2) is 7.87. The van der Waals surface area contributed by atoms with Gasteiger partial charge in [-0.15, -0.1) is 5.10 Å². The largest absolute Gasteiger partial charge is 0.455 e. The summed E-state index contributed by atoms with van der Waals surface area (Å²) in [4.78, 5) is 12.6. The molecule has 0 unspecified atom stereocenters. The van der Waals surface area contributed by atoms with Gasteiger partial charge < -0.3 is 9.73 Å². The third-order valence-corrected chi connectivity index (χ3v) is 5.79. The van der Waals surface area contributed by atoms with E-state index < -0.39 is 27.3 Å². The number of aromatic nitrogens is 4. The Labute approximate surface area is 170 Å². The second-order valence-electron chi connectivity index (χ2n) is 6.21. The summed E-state index contributed by atoms with van der Waals surface area (Å²) in [5.41, 5.74) is 0.327. The van der Waals surface area contributed by atoms with Gasteiger partial charge in [-0.05, 0) is 52.9 Å². The highest BCUT2D eigenvalue weighted by atomic mass is 32.2. The lowest BCUT2D eigenvalue weighted by Gasteiger charge is -2.07. The third kappa shape index (κ3) is 4.10. The van der Waals surface area contributed by atoms with Crippen molar-refractivity contribution in [1.29, 1.82) is 0 Å². The standard InChI is InChI=1S/C19H14FN5O4S/c20-16-8-6-13(25-12-21-23-24-25)10-17(16)22-19(26)18-9-7-14(29-18)11-30(27,28)15-4-2-1-3-5-15/h1-10,12H,11H2,(H,22,26). The van der Waals surface area contributed by atoms with Gasteiger partial charge in [0.2, 0.25) is 0 Å². The van der Waals surface area contributed by atoms with Gasteiger partial charge in [0.25, 0.3) is 5.91 Å². The summed E-state index contributed by atoms with van der Waals surface area (Å²) in [5.74, 6) is -1.87. The molecule has 2 aromatic heterocycles. The number of nitrogens with zero attached hydrogens (tertiary/aromatic N) is 4. The summed E-state index contributed by atoms with van der Waals surface area (Å²) in [5, 5.41) is 13.1. The average molecular weight is 427 g/mol. The quantitative estimate of drug-likeness (QED) is 0.502. The van der Waals surface area contributed by atoms with Crippen molar-refractivity contribution in [1.82, 2.24) is 20.2 Å². The van der Waals surface area contributed by atoms with E-state index in [0.29, 0.717) is 5.69 Å². The van der Waals surface area contributed by atoms with Gasteiger partial charge >= 0.3 is 0 Å². The van der Waals surface area contributed by atoms with Crippen molar-refractivity contribution in [2.75, 3.05) is 5.32 Å². The molecule has 2 aromatic carbocycles. The van der Waals surface area contributed by atoms with E-state index in [1.165, 1.54) is 47.4 Å². The van der Waals surface area contributed by atoms with Crippen LogP contribution in [0.4, 0.5) is 10.1 Å². The zero-order chi connectivity index (χ0) is 21.1. The highest BCUT2D eigenvalue weighted by Crippen LogP contribution is 2.21. The molecule has 0 aliphatic heterocycles. The first-order valence-electron chi connectivity index (χ1n) is 8.63. The molecule has 2 heterocycles. The molecule has 4 rings (SSSR count). The zero-order valence-electron chi connectivity index (χ0n) is 15.3. The number of anilines is 1. The Kier molecular flexibility index (Phi) is 5.11. The average Bonchev–Trinajstić information content (AvgIpc) is 3.42. The lowest BCUT2D eigenvalue weighted by Crippen LogP contribution is -2.13. The van der Waals surface area contributed by atoms with Crippen LogP contribution in [0.5, 0.6) is 0 Å². The molecule has 30 heavy (non-hydrogen) atoms. The van der Waals surface area contributed by atoms with Crippen LogP contribution in [0, 0.1) is 5.82 Å². The van der Waals surface area contributed by atoms with Crippen molar-refractivity contribution >= 4 is 21.4 Å². The molecule has 11 heteroatoms. The topological polar surface area (TPSA) is 120 Å². The van der Waals surface area contributed by atoms with Crippen LogP contribution in [0.1, 0.15) is 16.3 Å². The van der Waals surface area contributed by atoms with E-state index >= 15 is 0 Å². The van der Waals surface area contributed by atoms with Crippen LogP contribution in [-0.4, -0.2) is 34.5 Å². The minimum Gasteiger partial charge on any atom is -0.455 e. The van der Waals surface area contributed by atoms with Crippen molar-refractivity contribution in [3.8, 4) is 5.69 Å². The number of rotatable bonds is 6. The Morgan fingerprint density at radius 2 is 1.90 bits per heavy atom. The molecule has 0 fully saturated rings. The number of tetrazole rings is 1. The monoisotopic (exact) mass is 427 g/mol. The van der Waals surface area contributed by atoms with Gasteiger partial charge in [-0.2, -0.15) is 0 Å². The van der Waals surface area contributed by atoms with Gasteiger partial charge in [-0.25, -0.2) is 17.5 Å². The van der Waals surface area contributed by atoms with Crippen molar-refractivity contribution in [2.45, 2.75) is 10.6 Å². The Bertz CT molecular complexity index is 1290. The fourth-order valence-corrected chi connectivity index (χ4v) is 3.96. The first-order valence-corrected chi connectivity index (χ1v) is 10.3. The molecular weight excluding hydrogens is 413 g/mol. The molecule has 1 amide bonds. The van der Waals surface area contributed by atoms with Crippen LogP contribution < -0.4 is 5.32 Å². The van der Waals surface area contributed by atoms with E-state index in [1.807, 2.05) is 0 Å². The van der Waals surface area contributed by atoms with E-state index in [4.69, 9.17) is 4.42 Å². The number of carbonyl (C=O) groups excluding carboxylic acids is 1. The fraction of sp³-hybridized carbons (Fsp3) is 0.0526. The highest BCUT2D eigenvalue weighted by molar-refractivity contribution is 7.90. The number of furan rings is 1. The van der Waals surface area contributed by atoms with Gasteiger partial charge in [-0.1, -0.05) is 18.2 Å². The van der Waals surface area contributed by atoms with Crippen LogP contribution in [0.25, 0.3) is 5.69 Å². The second-order valence-corrected chi connectivity index (χ2v) is 8.20. The minimum absolute atomic E-state index is 0.0897. The van der Waals surface area contributed by atoms with E-state index in [-0.39, 0.29) is 22.1 Å². The molecule has 0 atom stereocenters. The molecule has 0 radical (unpaired) electrons. The first-order chi connectivity index (χ1) is 14.4. The smallest absolute Gasteiger partial charge is 0.291 e. The number of hydrogen-bond donors (Lipinski definition) is 1. The summed E-state index contributed by atoms with van der Waals surface area (Å²) in [6.45, 7) is 0. The van der Waals surface area contributed by atoms with Crippen molar-refractivity contribution in [3.05, 3.63) is 84.3 Å². The maximum atomic E-state index is 14.1. The maximum Gasteiger partial charge on any atom is 0.291 e. The number of nitrogens with one attached hydrogen (secondary N) is 1. The van der Waals surface area contributed by atoms with Gasteiger partial charge in [0, 0.05) is 0 Å². The predicted molar refractivity (Wildman–Crippen MR) is 103 cm³/mol. The van der Waals surface area contributed by atoms with Crippen LogP contribution >= 0.6 is 0 Å². The van der Waals surface area contributed by atoms with Crippen molar-refractivity contribution in [2.24, 2.45) is 0 Å². The summed E-state index contributed by atoms with van der Waals surface area (Å²) in [7, 11) is -3.63. The molecule has 0 saturated heterocycles. The lowest BCUT2D eigenvalue weighted by atomic mass is 10.2. The maximum absolute atomic E-state index is 14.1. The van der Waals surface area contributed by atoms with E-state index in [2.05, 4.69) is 20.8 Å². The molecular formula is C19H14FN5O4S. The Hall–Kier alpha value is -3.86. The predicted octanol–water partition coefficient (Wildman–Crippen LogP) is 2.62. The number of sulfone groups is 1. The summed E-state index contributed by atoms with van der Waals surface area (Å²) in [6.07, 6.45) is 1.32. The fourth-order valence-electron chi connectivity index (χ4n) is 2.69. The minimum atomic E-state index is -3.63. The molecule has 1 N–H and O–H groups in total. The normalized spacial score (nSPS) is 11.4. The highest BCUT2D eigenvalue weighted by Gasteiger charge is 2.20. The SMILES string of the molecule is O=C(Nc1cc(-n2cnnn2)ccc1F)c1ccc(CS(=O)(=O)c2ccccc2)o1. The number of benzene rings is 2. The van der Waals surface area contributed by atoms with Gasteiger partial charge in [0.05, 0.1) is 16.3 Å². The molecule has 9 nitrogen and oxygen atoms in total. The first kappa shape index (κ1) is 19.5. The molecule has 0 spiro atoms.